The van der Waals surface area contributed by atoms with Crippen molar-refractivity contribution in [3.8, 4) is 0 Å². The van der Waals surface area contributed by atoms with E-state index >= 15 is 0 Å². The zero-order valence-corrected chi connectivity index (χ0v) is 12.9. The number of carbonyl (C=O) groups is 1. The average Bonchev–Trinajstić information content (AvgIpc) is 2.45. The third-order valence-corrected chi connectivity index (χ3v) is 4.94. The molecule has 19 heavy (non-hydrogen) atoms. The van der Waals surface area contributed by atoms with Gasteiger partial charge < -0.3 is 15.7 Å². The van der Waals surface area contributed by atoms with Crippen molar-refractivity contribution in [1.82, 2.24) is 10.6 Å². The number of hydrogen-bond donors (Lipinski definition) is 3. The molecule has 1 aliphatic heterocycles. The molecular weight excluding hydrogens is 240 g/mol. The van der Waals surface area contributed by atoms with Crippen LogP contribution < -0.4 is 10.6 Å². The van der Waals surface area contributed by atoms with Crippen LogP contribution in [0.15, 0.2) is 0 Å². The molecule has 1 atom stereocenters. The van der Waals surface area contributed by atoms with E-state index in [0.29, 0.717) is 5.92 Å². The molecule has 0 radical (unpaired) electrons. The first-order valence-electron chi connectivity index (χ1n) is 7.56. The Labute approximate surface area is 117 Å². The molecule has 0 aliphatic carbocycles. The first-order chi connectivity index (χ1) is 8.91. The lowest BCUT2D eigenvalue weighted by Gasteiger charge is -2.40. The molecule has 1 fully saturated rings. The summed E-state index contributed by atoms with van der Waals surface area (Å²) in [6, 6.07) is 0. The van der Waals surface area contributed by atoms with Gasteiger partial charge in [0, 0.05) is 5.41 Å². The van der Waals surface area contributed by atoms with Gasteiger partial charge in [0.2, 0.25) is 5.91 Å². The van der Waals surface area contributed by atoms with Crippen LogP contribution in [-0.4, -0.2) is 36.2 Å². The zero-order chi connectivity index (χ0) is 14.5. The number of amides is 1. The molecule has 112 valence electrons. The van der Waals surface area contributed by atoms with E-state index in [0.717, 1.165) is 38.8 Å². The topological polar surface area (TPSA) is 61.4 Å². The Bertz CT molecular complexity index is 284. The van der Waals surface area contributed by atoms with Gasteiger partial charge in [-0.25, -0.2) is 0 Å². The molecule has 3 N–H and O–H groups in total. The summed E-state index contributed by atoms with van der Waals surface area (Å²) in [6.45, 7) is 10.0. The van der Waals surface area contributed by atoms with Crippen molar-refractivity contribution >= 4 is 5.91 Å². The van der Waals surface area contributed by atoms with Gasteiger partial charge in [0.25, 0.3) is 0 Å². The Hall–Kier alpha value is -0.610. The van der Waals surface area contributed by atoms with Crippen LogP contribution in [0, 0.1) is 11.3 Å². The molecule has 1 saturated heterocycles. The fraction of sp³-hybridized carbons (Fsp3) is 0.933. The van der Waals surface area contributed by atoms with Crippen LogP contribution >= 0.6 is 0 Å². The quantitative estimate of drug-likeness (QED) is 0.688. The highest BCUT2D eigenvalue weighted by Gasteiger charge is 2.40. The summed E-state index contributed by atoms with van der Waals surface area (Å²) in [5.41, 5.74) is -0.853. The molecule has 0 aromatic heterocycles. The van der Waals surface area contributed by atoms with Crippen molar-refractivity contribution in [2.75, 3.05) is 19.7 Å². The molecule has 1 rings (SSSR count). The molecule has 1 amide bonds. The summed E-state index contributed by atoms with van der Waals surface area (Å²) in [6.07, 6.45) is 3.74. The summed E-state index contributed by atoms with van der Waals surface area (Å²) in [5.74, 6) is 0.435. The third kappa shape index (κ3) is 3.69. The standard InChI is InChI=1S/C15H30N2O2/c1-5-15(6-2,11-18)17-13(19)14(3,4)12-8-7-9-16-10-12/h12,16,18H,5-11H2,1-4H3,(H,17,19). The fourth-order valence-corrected chi connectivity index (χ4v) is 2.75. The number of aliphatic hydroxyl groups is 1. The zero-order valence-electron chi connectivity index (χ0n) is 12.9. The predicted octanol–water partition coefficient (Wildman–Crippen LogP) is 1.68. The smallest absolute Gasteiger partial charge is 0.226 e. The van der Waals surface area contributed by atoms with E-state index in [-0.39, 0.29) is 12.5 Å². The Balaban J connectivity index is 2.74. The van der Waals surface area contributed by atoms with Gasteiger partial charge >= 0.3 is 0 Å². The van der Waals surface area contributed by atoms with Crippen molar-refractivity contribution in [3.63, 3.8) is 0 Å². The predicted molar refractivity (Wildman–Crippen MR) is 77.9 cm³/mol. The maximum Gasteiger partial charge on any atom is 0.226 e. The van der Waals surface area contributed by atoms with E-state index in [9.17, 15) is 9.90 Å². The SMILES string of the molecule is CCC(CC)(CO)NC(=O)C(C)(C)C1CCCNC1. The van der Waals surface area contributed by atoms with Gasteiger partial charge in [-0.3, -0.25) is 4.79 Å². The summed E-state index contributed by atoms with van der Waals surface area (Å²) in [7, 11) is 0. The van der Waals surface area contributed by atoms with Crippen molar-refractivity contribution in [2.45, 2.75) is 58.9 Å². The second kappa shape index (κ2) is 6.71. The largest absolute Gasteiger partial charge is 0.394 e. The number of carbonyl (C=O) groups excluding carboxylic acids is 1. The summed E-state index contributed by atoms with van der Waals surface area (Å²) >= 11 is 0. The number of aliphatic hydroxyl groups excluding tert-OH is 1. The highest BCUT2D eigenvalue weighted by molar-refractivity contribution is 5.83. The average molecular weight is 270 g/mol. The maximum atomic E-state index is 12.6. The summed E-state index contributed by atoms with van der Waals surface area (Å²) < 4.78 is 0. The van der Waals surface area contributed by atoms with Crippen molar-refractivity contribution < 1.29 is 9.90 Å². The molecule has 0 aromatic carbocycles. The van der Waals surface area contributed by atoms with Crippen LogP contribution in [0.25, 0.3) is 0 Å². The van der Waals surface area contributed by atoms with Crippen LogP contribution in [0.4, 0.5) is 0 Å². The van der Waals surface area contributed by atoms with Gasteiger partial charge in [-0.2, -0.15) is 0 Å². The van der Waals surface area contributed by atoms with Gasteiger partial charge in [-0.15, -0.1) is 0 Å². The van der Waals surface area contributed by atoms with Crippen molar-refractivity contribution in [3.05, 3.63) is 0 Å². The maximum absolute atomic E-state index is 12.6. The van der Waals surface area contributed by atoms with Crippen LogP contribution in [0.3, 0.4) is 0 Å². The highest BCUT2D eigenvalue weighted by atomic mass is 16.3. The Morgan fingerprint density at radius 3 is 2.42 bits per heavy atom. The van der Waals surface area contributed by atoms with Gasteiger partial charge in [-0.1, -0.05) is 27.7 Å². The minimum Gasteiger partial charge on any atom is -0.394 e. The lowest BCUT2D eigenvalue weighted by molar-refractivity contribution is -0.135. The minimum absolute atomic E-state index is 0.00470. The molecule has 1 aliphatic rings. The Kier molecular flexibility index (Phi) is 5.81. The van der Waals surface area contributed by atoms with Crippen LogP contribution in [0.2, 0.25) is 0 Å². The normalized spacial score (nSPS) is 21.2. The monoisotopic (exact) mass is 270 g/mol. The van der Waals surface area contributed by atoms with E-state index in [1.54, 1.807) is 0 Å². The van der Waals surface area contributed by atoms with E-state index in [4.69, 9.17) is 0 Å². The Morgan fingerprint density at radius 1 is 1.37 bits per heavy atom. The van der Waals surface area contributed by atoms with Gasteiger partial charge in [-0.05, 0) is 44.7 Å². The summed E-state index contributed by atoms with van der Waals surface area (Å²) in [4.78, 5) is 12.6. The molecule has 4 nitrogen and oxygen atoms in total. The molecule has 4 heteroatoms. The van der Waals surface area contributed by atoms with Gasteiger partial charge in [0.05, 0.1) is 12.1 Å². The van der Waals surface area contributed by atoms with Crippen molar-refractivity contribution in [2.24, 2.45) is 11.3 Å². The number of rotatable bonds is 6. The molecule has 0 saturated carbocycles. The van der Waals surface area contributed by atoms with E-state index < -0.39 is 11.0 Å². The third-order valence-electron chi connectivity index (χ3n) is 4.94. The molecule has 0 aromatic rings. The first kappa shape index (κ1) is 16.4. The van der Waals surface area contributed by atoms with E-state index in [1.165, 1.54) is 0 Å². The lowest BCUT2D eigenvalue weighted by Crippen LogP contribution is -2.56. The molecule has 0 spiro atoms. The molecule has 1 heterocycles. The van der Waals surface area contributed by atoms with Gasteiger partial charge in [0.15, 0.2) is 0 Å². The number of piperidine rings is 1. The summed E-state index contributed by atoms with van der Waals surface area (Å²) in [5, 5.41) is 16.0. The number of nitrogens with one attached hydrogen (secondary N) is 2. The lowest BCUT2D eigenvalue weighted by atomic mass is 9.73. The van der Waals surface area contributed by atoms with E-state index in [2.05, 4.69) is 10.6 Å². The van der Waals surface area contributed by atoms with Crippen molar-refractivity contribution in [1.29, 1.82) is 0 Å². The molecule has 1 unspecified atom stereocenters. The number of hydrogen-bond acceptors (Lipinski definition) is 3. The van der Waals surface area contributed by atoms with Crippen LogP contribution in [0.1, 0.15) is 53.4 Å². The highest BCUT2D eigenvalue weighted by Crippen LogP contribution is 2.33. The Morgan fingerprint density at radius 2 is 2.00 bits per heavy atom. The fourth-order valence-electron chi connectivity index (χ4n) is 2.75. The first-order valence-corrected chi connectivity index (χ1v) is 7.56. The second-order valence-corrected chi connectivity index (χ2v) is 6.36. The van der Waals surface area contributed by atoms with Crippen LogP contribution in [-0.2, 0) is 4.79 Å². The van der Waals surface area contributed by atoms with Gasteiger partial charge in [0.1, 0.15) is 0 Å². The molecule has 0 bridgehead atoms. The molecular formula is C15H30N2O2. The van der Waals surface area contributed by atoms with E-state index in [1.807, 2.05) is 27.7 Å². The van der Waals surface area contributed by atoms with Crippen LogP contribution in [0.5, 0.6) is 0 Å². The minimum atomic E-state index is -0.462. The second-order valence-electron chi connectivity index (χ2n) is 6.36.